The van der Waals surface area contributed by atoms with Gasteiger partial charge in [0.05, 0.1) is 16.1 Å². The Balaban J connectivity index is 1.52. The van der Waals surface area contributed by atoms with E-state index in [-0.39, 0.29) is 22.2 Å². The molecule has 3 N–H and O–H groups in total. The number of nitrogens with one attached hydrogen (secondary N) is 1. The van der Waals surface area contributed by atoms with Crippen molar-refractivity contribution in [2.45, 2.75) is 23.9 Å². The number of sulfonamides is 1. The molecule has 2 aliphatic heterocycles. The number of piperazine rings is 1. The van der Waals surface area contributed by atoms with Crippen LogP contribution in [-0.4, -0.2) is 73.8 Å². The van der Waals surface area contributed by atoms with Gasteiger partial charge in [0.2, 0.25) is 10.0 Å². The number of ketones is 1. The molecule has 162 valence electrons. The van der Waals surface area contributed by atoms with Crippen LogP contribution < -0.4 is 11.1 Å². The quantitative estimate of drug-likeness (QED) is 0.675. The molecule has 0 radical (unpaired) electrons. The van der Waals surface area contributed by atoms with Crippen LogP contribution in [0, 0.1) is 5.92 Å². The molecule has 1 aromatic heterocycles. The van der Waals surface area contributed by atoms with Gasteiger partial charge in [0.1, 0.15) is 5.78 Å². The first-order chi connectivity index (χ1) is 14.4. The third-order valence-electron chi connectivity index (χ3n) is 5.99. The van der Waals surface area contributed by atoms with Gasteiger partial charge in [0.25, 0.3) is 0 Å². The predicted octanol–water partition coefficient (Wildman–Crippen LogP) is 1.05. The molecule has 2 aliphatic rings. The highest BCUT2D eigenvalue weighted by atomic mass is 35.5. The second-order valence-electron chi connectivity index (χ2n) is 7.79. The number of aromatic nitrogens is 1. The summed E-state index contributed by atoms with van der Waals surface area (Å²) < 4.78 is 28.1. The van der Waals surface area contributed by atoms with Crippen LogP contribution in [0.4, 0.5) is 0 Å². The Morgan fingerprint density at radius 1 is 1.23 bits per heavy atom. The van der Waals surface area contributed by atoms with Crippen molar-refractivity contribution in [2.24, 2.45) is 11.7 Å². The fourth-order valence-corrected chi connectivity index (χ4v) is 6.43. The van der Waals surface area contributed by atoms with E-state index in [1.165, 1.54) is 16.6 Å². The summed E-state index contributed by atoms with van der Waals surface area (Å²) in [5.74, 6) is -0.464. The molecule has 30 heavy (non-hydrogen) atoms. The summed E-state index contributed by atoms with van der Waals surface area (Å²) in [6.45, 7) is 4.58. The standard InChI is InChI=1S/C20H26ClN5O3S/c21-16-13-24-12-14-2-1-3-18(19(14)16)30(28,29)26-9-4-15(20(26)22)17(27)5-8-25-10-6-23-7-11-25/h1-3,12-13,15,20,23H,4-11,22H2/t15?,20-/m0/s1. The second-order valence-corrected chi connectivity index (χ2v) is 10.1. The van der Waals surface area contributed by atoms with Gasteiger partial charge in [-0.05, 0) is 12.5 Å². The van der Waals surface area contributed by atoms with Crippen LogP contribution in [0.5, 0.6) is 0 Å². The number of pyridine rings is 1. The highest BCUT2D eigenvalue weighted by Gasteiger charge is 2.43. The Morgan fingerprint density at radius 3 is 2.77 bits per heavy atom. The number of fused-ring (bicyclic) bond motifs is 1. The lowest BCUT2D eigenvalue weighted by Gasteiger charge is -2.28. The summed E-state index contributed by atoms with van der Waals surface area (Å²) >= 11 is 6.27. The second kappa shape index (κ2) is 8.86. The van der Waals surface area contributed by atoms with Gasteiger partial charge in [-0.25, -0.2) is 8.42 Å². The number of hydrogen-bond donors (Lipinski definition) is 2. The largest absolute Gasteiger partial charge is 0.314 e. The molecule has 3 heterocycles. The maximum Gasteiger partial charge on any atom is 0.245 e. The SMILES string of the molecule is N[C@@H]1C(C(=O)CCN2CCNCC2)CCN1S(=O)(=O)c1cccc2cncc(Cl)c12. The molecule has 4 rings (SSSR count). The van der Waals surface area contributed by atoms with Crippen LogP contribution >= 0.6 is 11.6 Å². The van der Waals surface area contributed by atoms with Crippen molar-refractivity contribution in [1.29, 1.82) is 0 Å². The molecule has 2 fully saturated rings. The number of nitrogens with zero attached hydrogens (tertiary/aromatic N) is 3. The molecule has 2 aromatic rings. The van der Waals surface area contributed by atoms with Crippen LogP contribution in [0.15, 0.2) is 35.5 Å². The van der Waals surface area contributed by atoms with Crippen LogP contribution in [0.3, 0.4) is 0 Å². The normalized spacial score (nSPS) is 23.8. The van der Waals surface area contributed by atoms with E-state index in [0.29, 0.717) is 30.2 Å². The predicted molar refractivity (Wildman–Crippen MR) is 116 cm³/mol. The minimum Gasteiger partial charge on any atom is -0.314 e. The van der Waals surface area contributed by atoms with Crippen LogP contribution in [0.2, 0.25) is 5.02 Å². The van der Waals surface area contributed by atoms with E-state index in [4.69, 9.17) is 17.3 Å². The van der Waals surface area contributed by atoms with Crippen molar-refractivity contribution in [1.82, 2.24) is 19.5 Å². The lowest BCUT2D eigenvalue weighted by atomic mass is 9.98. The summed E-state index contributed by atoms with van der Waals surface area (Å²) in [6.07, 6.45) is 2.95. The number of carbonyl (C=O) groups is 1. The molecule has 1 unspecified atom stereocenters. The number of carbonyl (C=O) groups excluding carboxylic acids is 1. The van der Waals surface area contributed by atoms with Gasteiger partial charge in [0.15, 0.2) is 0 Å². The first-order valence-electron chi connectivity index (χ1n) is 10.1. The summed E-state index contributed by atoms with van der Waals surface area (Å²) in [6, 6.07) is 4.94. The van der Waals surface area contributed by atoms with Crippen LogP contribution in [-0.2, 0) is 14.8 Å². The van der Waals surface area contributed by atoms with Crippen molar-refractivity contribution in [2.75, 3.05) is 39.3 Å². The topological polar surface area (TPSA) is 109 Å². The minimum absolute atomic E-state index is 0.0267. The van der Waals surface area contributed by atoms with E-state index in [1.54, 1.807) is 18.3 Å². The number of benzene rings is 1. The maximum absolute atomic E-state index is 13.4. The van der Waals surface area contributed by atoms with Gasteiger partial charge in [-0.15, -0.1) is 0 Å². The summed E-state index contributed by atoms with van der Waals surface area (Å²) in [4.78, 5) is 19.2. The Morgan fingerprint density at radius 2 is 2.00 bits per heavy atom. The number of hydrogen-bond acceptors (Lipinski definition) is 7. The van der Waals surface area contributed by atoms with Crippen molar-refractivity contribution in [3.05, 3.63) is 35.6 Å². The Labute approximate surface area is 181 Å². The fourth-order valence-electron chi connectivity index (χ4n) is 4.31. The van der Waals surface area contributed by atoms with E-state index in [9.17, 15) is 13.2 Å². The maximum atomic E-state index is 13.4. The molecule has 1 aromatic carbocycles. The minimum atomic E-state index is -3.91. The monoisotopic (exact) mass is 451 g/mol. The molecular formula is C20H26ClN5O3S. The highest BCUT2D eigenvalue weighted by Crippen LogP contribution is 2.34. The van der Waals surface area contributed by atoms with Gasteiger partial charge in [-0.3, -0.25) is 9.78 Å². The molecule has 0 bridgehead atoms. The summed E-state index contributed by atoms with van der Waals surface area (Å²) in [7, 11) is -3.91. The van der Waals surface area contributed by atoms with E-state index >= 15 is 0 Å². The van der Waals surface area contributed by atoms with Gasteiger partial charge < -0.3 is 16.0 Å². The molecule has 0 aliphatic carbocycles. The number of Topliss-reactive ketones (excluding diaryl/α,β-unsaturated/α-hetero) is 1. The molecule has 0 saturated carbocycles. The number of halogens is 1. The molecule has 10 heteroatoms. The molecule has 2 saturated heterocycles. The molecule has 8 nitrogen and oxygen atoms in total. The van der Waals surface area contributed by atoms with Crippen molar-refractivity contribution >= 4 is 38.2 Å². The zero-order valence-electron chi connectivity index (χ0n) is 16.6. The van der Waals surface area contributed by atoms with Gasteiger partial charge in [-0.1, -0.05) is 23.7 Å². The van der Waals surface area contributed by atoms with Crippen LogP contribution in [0.1, 0.15) is 12.8 Å². The zero-order valence-corrected chi connectivity index (χ0v) is 18.2. The fraction of sp³-hybridized carbons (Fsp3) is 0.500. The van der Waals surface area contributed by atoms with Crippen molar-refractivity contribution in [3.8, 4) is 0 Å². The van der Waals surface area contributed by atoms with Gasteiger partial charge in [0, 0.05) is 74.8 Å². The van der Waals surface area contributed by atoms with Gasteiger partial charge >= 0.3 is 0 Å². The first kappa shape index (κ1) is 21.6. The van der Waals surface area contributed by atoms with E-state index in [1.807, 2.05) is 0 Å². The lowest BCUT2D eigenvalue weighted by molar-refractivity contribution is -0.123. The van der Waals surface area contributed by atoms with E-state index < -0.39 is 22.1 Å². The van der Waals surface area contributed by atoms with Gasteiger partial charge in [-0.2, -0.15) is 4.31 Å². The smallest absolute Gasteiger partial charge is 0.245 e. The Hall–Kier alpha value is -1.62. The molecular weight excluding hydrogens is 426 g/mol. The van der Waals surface area contributed by atoms with E-state index in [0.717, 1.165) is 26.2 Å². The molecule has 0 amide bonds. The lowest BCUT2D eigenvalue weighted by Crippen LogP contribution is -2.47. The molecule has 0 spiro atoms. The van der Waals surface area contributed by atoms with Crippen molar-refractivity contribution in [3.63, 3.8) is 0 Å². The zero-order chi connectivity index (χ0) is 21.3. The number of rotatable bonds is 6. The average molecular weight is 452 g/mol. The summed E-state index contributed by atoms with van der Waals surface area (Å²) in [5, 5.41) is 4.62. The third kappa shape index (κ3) is 4.10. The summed E-state index contributed by atoms with van der Waals surface area (Å²) in [5.41, 5.74) is 6.30. The average Bonchev–Trinajstić information content (AvgIpc) is 3.15. The Kier molecular flexibility index (Phi) is 6.38. The Bertz CT molecular complexity index is 1040. The van der Waals surface area contributed by atoms with E-state index in [2.05, 4.69) is 15.2 Å². The van der Waals surface area contributed by atoms with Crippen molar-refractivity contribution < 1.29 is 13.2 Å². The highest BCUT2D eigenvalue weighted by molar-refractivity contribution is 7.89. The van der Waals surface area contributed by atoms with Crippen LogP contribution in [0.25, 0.3) is 10.8 Å². The third-order valence-corrected chi connectivity index (χ3v) is 8.21. The first-order valence-corrected chi connectivity index (χ1v) is 12.0. The molecule has 2 atom stereocenters. The number of nitrogens with two attached hydrogens (primary N) is 1.